The molecule has 0 saturated carbocycles. The second-order valence-electron chi connectivity index (χ2n) is 7.39. The van der Waals surface area contributed by atoms with Crippen molar-refractivity contribution in [3.8, 4) is 0 Å². The molecule has 0 spiro atoms. The fourth-order valence-corrected chi connectivity index (χ4v) is 3.64. The number of rotatable bonds is 3. The minimum absolute atomic E-state index is 0.101. The summed E-state index contributed by atoms with van der Waals surface area (Å²) in [5, 5.41) is 4.12. The number of anilines is 1. The minimum Gasteiger partial charge on any atom is -0.461 e. The summed E-state index contributed by atoms with van der Waals surface area (Å²) in [5.74, 6) is -1.83. The van der Waals surface area contributed by atoms with E-state index in [-0.39, 0.29) is 17.7 Å². The molecule has 0 bridgehead atoms. The van der Waals surface area contributed by atoms with Crippen LogP contribution in [0.4, 0.5) is 14.5 Å². The number of aryl methyl sites for hydroxylation is 4. The Kier molecular flexibility index (Phi) is 4.68. The molecule has 154 valence electrons. The fourth-order valence-electron chi connectivity index (χ4n) is 3.64. The van der Waals surface area contributed by atoms with Crippen LogP contribution in [-0.2, 0) is 11.2 Å². The smallest absolute Gasteiger partial charge is 0.340 e. The molecular formula is C23H19F2NO4. The first-order valence-corrected chi connectivity index (χ1v) is 9.38. The van der Waals surface area contributed by atoms with Gasteiger partial charge in [0, 0.05) is 28.1 Å². The number of carbonyl (C=O) groups excluding carboxylic acids is 1. The van der Waals surface area contributed by atoms with E-state index in [9.17, 15) is 18.4 Å². The summed E-state index contributed by atoms with van der Waals surface area (Å²) in [6.45, 7) is 7.41. The summed E-state index contributed by atoms with van der Waals surface area (Å²) in [6, 6.07) is 4.95. The summed E-state index contributed by atoms with van der Waals surface area (Å²) in [4.78, 5) is 25.0. The number of hydrogen-bond donors (Lipinski definition) is 1. The van der Waals surface area contributed by atoms with Crippen LogP contribution in [0.1, 0.15) is 28.0 Å². The molecule has 30 heavy (non-hydrogen) atoms. The van der Waals surface area contributed by atoms with Gasteiger partial charge in [0.1, 0.15) is 16.9 Å². The Labute approximate surface area is 170 Å². The van der Waals surface area contributed by atoms with Gasteiger partial charge in [-0.15, -0.1) is 0 Å². The second kappa shape index (κ2) is 7.09. The van der Waals surface area contributed by atoms with Crippen LogP contribution in [0.2, 0.25) is 0 Å². The fraction of sp³-hybridized carbons (Fsp3) is 0.217. The lowest BCUT2D eigenvalue weighted by atomic mass is 9.98. The lowest BCUT2D eigenvalue weighted by Gasteiger charge is -2.10. The van der Waals surface area contributed by atoms with Gasteiger partial charge in [-0.05, 0) is 57.0 Å². The second-order valence-corrected chi connectivity index (χ2v) is 7.39. The first-order valence-electron chi connectivity index (χ1n) is 9.38. The molecule has 0 radical (unpaired) electrons. The monoisotopic (exact) mass is 411 g/mol. The van der Waals surface area contributed by atoms with E-state index < -0.39 is 23.2 Å². The predicted octanol–water partition coefficient (Wildman–Crippen LogP) is 5.23. The summed E-state index contributed by atoms with van der Waals surface area (Å²) in [7, 11) is 0. The van der Waals surface area contributed by atoms with Crippen LogP contribution in [0, 0.1) is 39.3 Å². The van der Waals surface area contributed by atoms with E-state index in [4.69, 9.17) is 8.83 Å². The number of carbonyl (C=O) groups is 1. The van der Waals surface area contributed by atoms with Crippen molar-refractivity contribution in [1.82, 2.24) is 0 Å². The van der Waals surface area contributed by atoms with Crippen LogP contribution in [0.3, 0.4) is 0 Å². The molecule has 0 fully saturated rings. The molecule has 1 N–H and O–H groups in total. The molecule has 4 rings (SSSR count). The highest BCUT2D eigenvalue weighted by atomic mass is 19.2. The maximum atomic E-state index is 13.4. The molecule has 2 aromatic carbocycles. The standard InChI is InChI=1S/C23H19F2NO4/c1-10-13(4)29-21-12(3)22-16(8-15(10)21)11(2)17(23(28)30-22)9-20(27)26-14-5-6-18(24)19(25)7-14/h5-8H,9H2,1-4H3,(H,26,27). The Hall–Kier alpha value is -3.48. The molecule has 1 amide bonds. The Morgan fingerprint density at radius 2 is 1.57 bits per heavy atom. The first kappa shape index (κ1) is 19.8. The number of fused-ring (bicyclic) bond motifs is 2. The maximum absolute atomic E-state index is 13.4. The van der Waals surface area contributed by atoms with Gasteiger partial charge in [0.2, 0.25) is 5.91 Å². The van der Waals surface area contributed by atoms with Crippen molar-refractivity contribution in [2.75, 3.05) is 5.32 Å². The van der Waals surface area contributed by atoms with Crippen LogP contribution >= 0.6 is 0 Å². The van der Waals surface area contributed by atoms with E-state index in [0.29, 0.717) is 16.7 Å². The quantitative estimate of drug-likeness (QED) is 0.469. The molecule has 0 unspecified atom stereocenters. The van der Waals surface area contributed by atoms with Crippen molar-refractivity contribution in [2.45, 2.75) is 34.1 Å². The zero-order valence-corrected chi connectivity index (χ0v) is 16.9. The predicted molar refractivity (Wildman–Crippen MR) is 110 cm³/mol. The highest BCUT2D eigenvalue weighted by molar-refractivity contribution is 6.01. The largest absolute Gasteiger partial charge is 0.461 e. The molecule has 0 atom stereocenters. The lowest BCUT2D eigenvalue weighted by molar-refractivity contribution is -0.115. The molecule has 2 aromatic heterocycles. The third kappa shape index (κ3) is 3.16. The van der Waals surface area contributed by atoms with Gasteiger partial charge in [-0.1, -0.05) is 0 Å². The van der Waals surface area contributed by atoms with Gasteiger partial charge in [-0.3, -0.25) is 4.79 Å². The van der Waals surface area contributed by atoms with Crippen LogP contribution < -0.4 is 10.9 Å². The van der Waals surface area contributed by atoms with Crippen LogP contribution in [0.25, 0.3) is 21.9 Å². The van der Waals surface area contributed by atoms with Crippen molar-refractivity contribution in [2.24, 2.45) is 0 Å². The molecular weight excluding hydrogens is 392 g/mol. The minimum atomic E-state index is -1.07. The van der Waals surface area contributed by atoms with Gasteiger partial charge in [0.25, 0.3) is 0 Å². The SMILES string of the molecule is Cc1oc2c(C)c3oc(=O)c(CC(=O)Nc4ccc(F)c(F)c4)c(C)c3cc2c1C. The van der Waals surface area contributed by atoms with Gasteiger partial charge in [-0.25, -0.2) is 13.6 Å². The van der Waals surface area contributed by atoms with E-state index in [1.807, 2.05) is 26.8 Å². The van der Waals surface area contributed by atoms with Gasteiger partial charge in [-0.2, -0.15) is 0 Å². The Bertz CT molecular complexity index is 1400. The normalized spacial score (nSPS) is 11.4. The lowest BCUT2D eigenvalue weighted by Crippen LogP contribution is -2.21. The van der Waals surface area contributed by atoms with Crippen LogP contribution in [-0.4, -0.2) is 5.91 Å². The summed E-state index contributed by atoms with van der Waals surface area (Å²) >= 11 is 0. The third-order valence-electron chi connectivity index (χ3n) is 5.48. The highest BCUT2D eigenvalue weighted by Crippen LogP contribution is 2.34. The first-order chi connectivity index (χ1) is 14.2. The maximum Gasteiger partial charge on any atom is 0.340 e. The van der Waals surface area contributed by atoms with Gasteiger partial charge in [0.05, 0.1) is 12.0 Å². The summed E-state index contributed by atoms with van der Waals surface area (Å²) in [6.07, 6.45) is -0.260. The number of hydrogen-bond acceptors (Lipinski definition) is 4. The summed E-state index contributed by atoms with van der Waals surface area (Å²) < 4.78 is 37.8. The van der Waals surface area contributed by atoms with Gasteiger partial charge < -0.3 is 14.2 Å². The molecule has 0 saturated heterocycles. The molecule has 4 aromatic rings. The Morgan fingerprint density at radius 3 is 2.27 bits per heavy atom. The van der Waals surface area contributed by atoms with Crippen LogP contribution in [0.15, 0.2) is 37.9 Å². The Balaban J connectivity index is 1.76. The molecule has 5 nitrogen and oxygen atoms in total. The topological polar surface area (TPSA) is 72.5 Å². The average Bonchev–Trinajstić information content (AvgIpc) is 2.98. The third-order valence-corrected chi connectivity index (χ3v) is 5.48. The van der Waals surface area contributed by atoms with Crippen molar-refractivity contribution in [3.05, 3.63) is 74.3 Å². The van der Waals surface area contributed by atoms with Gasteiger partial charge in [0.15, 0.2) is 11.6 Å². The van der Waals surface area contributed by atoms with E-state index in [0.717, 1.165) is 39.8 Å². The molecule has 0 aliphatic carbocycles. The van der Waals surface area contributed by atoms with Crippen molar-refractivity contribution >= 4 is 33.5 Å². The zero-order valence-electron chi connectivity index (χ0n) is 16.9. The number of halogens is 2. The van der Waals surface area contributed by atoms with Crippen molar-refractivity contribution in [1.29, 1.82) is 0 Å². The van der Waals surface area contributed by atoms with E-state index >= 15 is 0 Å². The number of furan rings is 1. The van der Waals surface area contributed by atoms with Crippen molar-refractivity contribution in [3.63, 3.8) is 0 Å². The number of amides is 1. The molecule has 0 aliphatic rings. The molecule has 0 aliphatic heterocycles. The van der Waals surface area contributed by atoms with Crippen molar-refractivity contribution < 1.29 is 22.4 Å². The van der Waals surface area contributed by atoms with E-state index in [1.54, 1.807) is 6.92 Å². The van der Waals surface area contributed by atoms with E-state index in [1.165, 1.54) is 6.07 Å². The Morgan fingerprint density at radius 1 is 0.900 bits per heavy atom. The van der Waals surface area contributed by atoms with Crippen LogP contribution in [0.5, 0.6) is 0 Å². The summed E-state index contributed by atoms with van der Waals surface area (Å²) in [5.41, 5.74) is 3.12. The number of benzene rings is 2. The van der Waals surface area contributed by atoms with Gasteiger partial charge >= 0.3 is 5.63 Å². The average molecular weight is 411 g/mol. The zero-order chi connectivity index (χ0) is 21.7. The molecule has 2 heterocycles. The highest BCUT2D eigenvalue weighted by Gasteiger charge is 2.20. The molecule has 7 heteroatoms. The van der Waals surface area contributed by atoms with E-state index in [2.05, 4.69) is 5.32 Å². The number of nitrogens with one attached hydrogen (secondary N) is 1.